The SMILES string of the molecule is CCC(C#N)S(=O)(=O)NC(C#N)C1CC1. The van der Waals surface area contributed by atoms with E-state index < -0.39 is 21.3 Å². The molecule has 1 aliphatic rings. The zero-order valence-corrected chi connectivity index (χ0v) is 9.29. The normalized spacial score (nSPS) is 19.9. The molecule has 5 nitrogen and oxygen atoms in total. The summed E-state index contributed by atoms with van der Waals surface area (Å²) in [6, 6.07) is 2.98. The van der Waals surface area contributed by atoms with Crippen LogP contribution in [-0.4, -0.2) is 19.7 Å². The number of hydrogen-bond donors (Lipinski definition) is 1. The van der Waals surface area contributed by atoms with Gasteiger partial charge in [0.25, 0.3) is 0 Å². The van der Waals surface area contributed by atoms with Crippen molar-refractivity contribution >= 4 is 10.0 Å². The average Bonchev–Trinajstić information content (AvgIpc) is 2.99. The summed E-state index contributed by atoms with van der Waals surface area (Å²) in [5.41, 5.74) is 0. The van der Waals surface area contributed by atoms with E-state index >= 15 is 0 Å². The summed E-state index contributed by atoms with van der Waals surface area (Å²) in [6.45, 7) is 1.63. The fourth-order valence-electron chi connectivity index (χ4n) is 1.30. The van der Waals surface area contributed by atoms with Crippen molar-refractivity contribution in [2.24, 2.45) is 5.92 Å². The van der Waals surface area contributed by atoms with Crippen molar-refractivity contribution in [2.45, 2.75) is 37.5 Å². The summed E-state index contributed by atoms with van der Waals surface area (Å²) in [6.07, 6.45) is 1.99. The van der Waals surface area contributed by atoms with Crippen LogP contribution in [0.4, 0.5) is 0 Å². The Morgan fingerprint density at radius 1 is 1.40 bits per heavy atom. The third-order valence-electron chi connectivity index (χ3n) is 2.41. The molecule has 6 heteroatoms. The first-order chi connectivity index (χ1) is 7.05. The second kappa shape index (κ2) is 4.61. The Balaban J connectivity index is 2.71. The monoisotopic (exact) mass is 227 g/mol. The van der Waals surface area contributed by atoms with Crippen molar-refractivity contribution in [1.29, 1.82) is 10.5 Å². The molecule has 0 radical (unpaired) electrons. The third kappa shape index (κ3) is 2.92. The maximum absolute atomic E-state index is 11.6. The van der Waals surface area contributed by atoms with Gasteiger partial charge in [0.15, 0.2) is 5.25 Å². The van der Waals surface area contributed by atoms with Gasteiger partial charge in [-0.1, -0.05) is 6.92 Å². The second-order valence-corrected chi connectivity index (χ2v) is 5.53. The van der Waals surface area contributed by atoms with E-state index in [0.29, 0.717) is 0 Å². The Morgan fingerprint density at radius 3 is 2.33 bits per heavy atom. The fourth-order valence-corrected chi connectivity index (χ4v) is 2.64. The van der Waals surface area contributed by atoms with Crippen LogP contribution in [0.25, 0.3) is 0 Å². The largest absolute Gasteiger partial charge is 0.229 e. The van der Waals surface area contributed by atoms with Gasteiger partial charge in [-0.25, -0.2) is 8.42 Å². The van der Waals surface area contributed by atoms with Crippen molar-refractivity contribution < 1.29 is 8.42 Å². The molecule has 15 heavy (non-hydrogen) atoms. The van der Waals surface area contributed by atoms with E-state index in [4.69, 9.17) is 10.5 Å². The van der Waals surface area contributed by atoms with Gasteiger partial charge in [0.2, 0.25) is 10.0 Å². The lowest BCUT2D eigenvalue weighted by Crippen LogP contribution is -2.40. The van der Waals surface area contributed by atoms with E-state index in [-0.39, 0.29) is 12.3 Å². The van der Waals surface area contributed by atoms with E-state index in [9.17, 15) is 8.42 Å². The standard InChI is InChI=1S/C9H13N3O2S/c1-2-8(5-10)15(13,14)12-9(6-11)7-3-4-7/h7-9,12H,2-4H2,1H3. The second-order valence-electron chi connectivity index (χ2n) is 3.63. The maximum Gasteiger partial charge on any atom is 0.229 e. The minimum atomic E-state index is -3.67. The van der Waals surface area contributed by atoms with Crippen LogP contribution in [0.5, 0.6) is 0 Å². The van der Waals surface area contributed by atoms with Crippen LogP contribution < -0.4 is 4.72 Å². The number of hydrogen-bond acceptors (Lipinski definition) is 4. The van der Waals surface area contributed by atoms with Gasteiger partial charge in [-0.15, -0.1) is 0 Å². The molecule has 2 atom stereocenters. The van der Waals surface area contributed by atoms with Gasteiger partial charge in [-0.2, -0.15) is 15.2 Å². The molecular formula is C9H13N3O2S. The van der Waals surface area contributed by atoms with Crippen molar-refractivity contribution in [2.75, 3.05) is 0 Å². The van der Waals surface area contributed by atoms with E-state index in [2.05, 4.69) is 4.72 Å². The van der Waals surface area contributed by atoms with Crippen LogP contribution in [-0.2, 0) is 10.0 Å². The molecule has 0 amide bonds. The van der Waals surface area contributed by atoms with Crippen molar-refractivity contribution in [3.8, 4) is 12.1 Å². The van der Waals surface area contributed by atoms with Gasteiger partial charge in [0, 0.05) is 0 Å². The molecule has 0 spiro atoms. The molecular weight excluding hydrogens is 214 g/mol. The van der Waals surface area contributed by atoms with Crippen LogP contribution in [0, 0.1) is 28.6 Å². The first-order valence-electron chi connectivity index (χ1n) is 4.85. The maximum atomic E-state index is 11.6. The lowest BCUT2D eigenvalue weighted by atomic mass is 10.2. The van der Waals surface area contributed by atoms with Crippen LogP contribution >= 0.6 is 0 Å². The van der Waals surface area contributed by atoms with Gasteiger partial charge in [-0.3, -0.25) is 0 Å². The minimum Gasteiger partial charge on any atom is -0.211 e. The van der Waals surface area contributed by atoms with Gasteiger partial charge in [0.05, 0.1) is 12.1 Å². The van der Waals surface area contributed by atoms with Crippen LogP contribution in [0.3, 0.4) is 0 Å². The Labute approximate surface area is 89.7 Å². The van der Waals surface area contributed by atoms with E-state index in [1.165, 1.54) is 0 Å². The minimum absolute atomic E-state index is 0.126. The molecule has 1 saturated carbocycles. The number of nitrogens with zero attached hydrogens (tertiary/aromatic N) is 2. The zero-order valence-electron chi connectivity index (χ0n) is 8.47. The lowest BCUT2D eigenvalue weighted by Gasteiger charge is -2.13. The highest BCUT2D eigenvalue weighted by atomic mass is 32.2. The van der Waals surface area contributed by atoms with E-state index in [1.54, 1.807) is 13.0 Å². The predicted octanol–water partition coefficient (Wildman–Crippen LogP) is 0.510. The molecule has 0 heterocycles. The summed E-state index contributed by atoms with van der Waals surface area (Å²) in [5, 5.41) is 16.4. The number of nitrogens with one attached hydrogen (secondary N) is 1. The summed E-state index contributed by atoms with van der Waals surface area (Å²) < 4.78 is 25.5. The van der Waals surface area contributed by atoms with Crippen LogP contribution in [0.15, 0.2) is 0 Å². The summed E-state index contributed by atoms with van der Waals surface area (Å²) >= 11 is 0. The number of nitriles is 2. The first-order valence-corrected chi connectivity index (χ1v) is 6.40. The fraction of sp³-hybridized carbons (Fsp3) is 0.778. The smallest absolute Gasteiger partial charge is 0.211 e. The summed E-state index contributed by atoms with van der Waals surface area (Å²) in [5.74, 6) is 0.126. The van der Waals surface area contributed by atoms with Crippen molar-refractivity contribution in [3.63, 3.8) is 0 Å². The third-order valence-corrected chi connectivity index (χ3v) is 4.18. The molecule has 82 valence electrons. The molecule has 1 N–H and O–H groups in total. The topological polar surface area (TPSA) is 93.8 Å². The van der Waals surface area contributed by atoms with Gasteiger partial charge >= 0.3 is 0 Å². The Bertz CT molecular complexity index is 400. The highest BCUT2D eigenvalue weighted by Crippen LogP contribution is 2.32. The predicted molar refractivity (Wildman–Crippen MR) is 53.9 cm³/mol. The van der Waals surface area contributed by atoms with E-state index in [0.717, 1.165) is 12.8 Å². The van der Waals surface area contributed by atoms with Gasteiger partial charge < -0.3 is 0 Å². The van der Waals surface area contributed by atoms with Crippen LogP contribution in [0.2, 0.25) is 0 Å². The van der Waals surface area contributed by atoms with E-state index in [1.807, 2.05) is 6.07 Å². The van der Waals surface area contributed by atoms with Crippen molar-refractivity contribution in [3.05, 3.63) is 0 Å². The first kappa shape index (κ1) is 12.0. The molecule has 0 saturated heterocycles. The molecule has 0 aromatic heterocycles. The molecule has 0 aliphatic heterocycles. The van der Waals surface area contributed by atoms with Crippen molar-refractivity contribution in [1.82, 2.24) is 4.72 Å². The Morgan fingerprint density at radius 2 is 2.00 bits per heavy atom. The number of sulfonamides is 1. The lowest BCUT2D eigenvalue weighted by molar-refractivity contribution is 0.552. The molecule has 1 fully saturated rings. The quantitative estimate of drug-likeness (QED) is 0.740. The van der Waals surface area contributed by atoms with Gasteiger partial charge in [0.1, 0.15) is 6.04 Å². The molecule has 2 unspecified atom stereocenters. The summed E-state index contributed by atoms with van der Waals surface area (Å²) in [7, 11) is -3.67. The Kier molecular flexibility index (Phi) is 3.67. The molecule has 0 aromatic carbocycles. The molecule has 1 aliphatic carbocycles. The Hall–Kier alpha value is -1.11. The molecule has 0 aromatic rings. The summed E-state index contributed by atoms with van der Waals surface area (Å²) in [4.78, 5) is 0. The number of rotatable bonds is 5. The molecule has 0 bridgehead atoms. The highest BCUT2D eigenvalue weighted by Gasteiger charge is 2.36. The molecule has 1 rings (SSSR count). The highest BCUT2D eigenvalue weighted by molar-refractivity contribution is 7.90. The zero-order chi connectivity index (χ0) is 11.5. The average molecular weight is 227 g/mol. The van der Waals surface area contributed by atoms with Gasteiger partial charge in [-0.05, 0) is 25.2 Å². The van der Waals surface area contributed by atoms with Crippen LogP contribution in [0.1, 0.15) is 26.2 Å².